The molecule has 7 heteroatoms. The van der Waals surface area contributed by atoms with Crippen LogP contribution in [0.4, 0.5) is 0 Å². The van der Waals surface area contributed by atoms with Crippen LogP contribution in [-0.2, 0) is 11.2 Å². The quantitative estimate of drug-likeness (QED) is 0.777. The highest BCUT2D eigenvalue weighted by atomic mass is 16.5. The average molecular weight is 399 g/mol. The van der Waals surface area contributed by atoms with Gasteiger partial charge in [-0.25, -0.2) is 4.68 Å². The van der Waals surface area contributed by atoms with E-state index in [1.54, 1.807) is 18.9 Å². The van der Waals surface area contributed by atoms with Crippen LogP contribution in [0.2, 0.25) is 0 Å². The summed E-state index contributed by atoms with van der Waals surface area (Å²) in [4.78, 5) is 28.6. The van der Waals surface area contributed by atoms with Crippen LogP contribution in [0.15, 0.2) is 24.3 Å². The second-order valence-corrected chi connectivity index (χ2v) is 7.91. The number of amides is 2. The van der Waals surface area contributed by atoms with E-state index in [1.807, 2.05) is 40.8 Å². The molecular weight excluding hydrogens is 368 g/mol. The Bertz CT molecular complexity index is 878. The topological polar surface area (TPSA) is 67.7 Å². The van der Waals surface area contributed by atoms with Crippen LogP contribution in [0.1, 0.15) is 42.5 Å². The minimum atomic E-state index is 0.00103. The number of methoxy groups -OCH3 is 1. The van der Waals surface area contributed by atoms with Gasteiger partial charge in [0.15, 0.2) is 0 Å². The second-order valence-electron chi connectivity index (χ2n) is 7.91. The Morgan fingerprint density at radius 2 is 1.66 bits per heavy atom. The normalized spacial score (nSPS) is 14.4. The number of piperazine rings is 1. The van der Waals surface area contributed by atoms with Crippen LogP contribution in [0.5, 0.6) is 5.75 Å². The zero-order valence-corrected chi connectivity index (χ0v) is 17.9. The van der Waals surface area contributed by atoms with E-state index in [9.17, 15) is 9.59 Å². The van der Waals surface area contributed by atoms with Crippen molar-refractivity contribution in [2.45, 2.75) is 34.1 Å². The lowest BCUT2D eigenvalue weighted by atomic mass is 10.0. The Morgan fingerprint density at radius 1 is 1.07 bits per heavy atom. The van der Waals surface area contributed by atoms with Crippen LogP contribution in [0, 0.1) is 12.8 Å². The van der Waals surface area contributed by atoms with Crippen LogP contribution in [0.3, 0.4) is 0 Å². The minimum absolute atomic E-state index is 0.00103. The van der Waals surface area contributed by atoms with E-state index in [-0.39, 0.29) is 11.8 Å². The highest BCUT2D eigenvalue weighted by Gasteiger charge is 2.29. The van der Waals surface area contributed by atoms with Gasteiger partial charge in [0.05, 0.1) is 29.7 Å². The zero-order chi connectivity index (χ0) is 21.1. The molecule has 2 heterocycles. The largest absolute Gasteiger partial charge is 0.497 e. The molecule has 0 radical (unpaired) electrons. The molecule has 0 saturated carbocycles. The lowest BCUT2D eigenvalue weighted by molar-refractivity contribution is -0.130. The number of nitrogens with zero attached hydrogens (tertiary/aromatic N) is 4. The fraction of sp³-hybridized carbons (Fsp3) is 0.500. The molecular formula is C22H30N4O3. The van der Waals surface area contributed by atoms with Gasteiger partial charge in [-0.1, -0.05) is 13.8 Å². The molecule has 1 fully saturated rings. The van der Waals surface area contributed by atoms with Gasteiger partial charge in [-0.3, -0.25) is 9.59 Å². The van der Waals surface area contributed by atoms with Gasteiger partial charge in [0.1, 0.15) is 5.75 Å². The summed E-state index contributed by atoms with van der Waals surface area (Å²) in [6.07, 6.45) is 0.735. The molecule has 1 aromatic carbocycles. The first kappa shape index (κ1) is 20.9. The molecule has 7 nitrogen and oxygen atoms in total. The van der Waals surface area contributed by atoms with E-state index < -0.39 is 0 Å². The molecule has 0 bridgehead atoms. The zero-order valence-electron chi connectivity index (χ0n) is 17.9. The predicted molar refractivity (Wildman–Crippen MR) is 112 cm³/mol. The lowest BCUT2D eigenvalue weighted by Crippen LogP contribution is -2.50. The second kappa shape index (κ2) is 8.68. The number of carbonyl (C=O) groups excluding carboxylic acids is 2. The average Bonchev–Trinajstić information content (AvgIpc) is 3.02. The first-order valence-corrected chi connectivity index (χ1v) is 10.1. The standard InChI is InChI=1S/C22H30N4O3/c1-15(2)14-20-21(22(28)25-12-10-24(11-13-25)17(4)27)16(3)26(23-20)18-6-8-19(29-5)9-7-18/h6-9,15H,10-14H2,1-5H3. The van der Waals surface area contributed by atoms with Gasteiger partial charge < -0.3 is 14.5 Å². The molecule has 1 aliphatic rings. The highest BCUT2D eigenvalue weighted by Crippen LogP contribution is 2.24. The SMILES string of the molecule is COc1ccc(-n2nc(CC(C)C)c(C(=O)N3CCN(C(C)=O)CC3)c2C)cc1. The minimum Gasteiger partial charge on any atom is -0.497 e. The molecule has 0 aliphatic carbocycles. The van der Waals surface area contributed by atoms with Crippen molar-refractivity contribution in [3.05, 3.63) is 41.2 Å². The Kier molecular flexibility index (Phi) is 6.25. The Morgan fingerprint density at radius 3 is 2.17 bits per heavy atom. The van der Waals surface area contributed by atoms with Crippen molar-refractivity contribution in [1.82, 2.24) is 19.6 Å². The van der Waals surface area contributed by atoms with Gasteiger partial charge in [-0.05, 0) is 43.5 Å². The van der Waals surface area contributed by atoms with Gasteiger partial charge in [-0.15, -0.1) is 0 Å². The van der Waals surface area contributed by atoms with Crippen molar-refractivity contribution in [3.8, 4) is 11.4 Å². The molecule has 0 atom stereocenters. The van der Waals surface area contributed by atoms with Crippen molar-refractivity contribution >= 4 is 11.8 Å². The maximum atomic E-state index is 13.4. The van der Waals surface area contributed by atoms with Gasteiger partial charge in [0, 0.05) is 33.1 Å². The van der Waals surface area contributed by atoms with Crippen molar-refractivity contribution in [2.24, 2.45) is 5.92 Å². The van der Waals surface area contributed by atoms with Crippen molar-refractivity contribution < 1.29 is 14.3 Å². The lowest BCUT2D eigenvalue weighted by Gasteiger charge is -2.34. The fourth-order valence-corrected chi connectivity index (χ4v) is 3.73. The van der Waals surface area contributed by atoms with E-state index >= 15 is 0 Å². The van der Waals surface area contributed by atoms with E-state index in [0.717, 1.165) is 29.2 Å². The molecule has 29 heavy (non-hydrogen) atoms. The summed E-state index contributed by atoms with van der Waals surface area (Å²) in [5.41, 5.74) is 3.25. The van der Waals surface area contributed by atoms with E-state index in [0.29, 0.717) is 37.7 Å². The van der Waals surface area contributed by atoms with Crippen molar-refractivity contribution in [2.75, 3.05) is 33.3 Å². The number of hydrogen-bond acceptors (Lipinski definition) is 4. The summed E-state index contributed by atoms with van der Waals surface area (Å²) < 4.78 is 7.08. The monoisotopic (exact) mass is 398 g/mol. The number of rotatable bonds is 5. The molecule has 1 saturated heterocycles. The summed E-state index contributed by atoms with van der Waals surface area (Å²) in [5.74, 6) is 1.22. The predicted octanol–water partition coefficient (Wildman–Crippen LogP) is 2.69. The van der Waals surface area contributed by atoms with E-state index in [4.69, 9.17) is 9.84 Å². The van der Waals surface area contributed by atoms with Crippen molar-refractivity contribution in [1.29, 1.82) is 0 Å². The molecule has 1 aliphatic heterocycles. The highest BCUT2D eigenvalue weighted by molar-refractivity contribution is 5.97. The number of carbonyl (C=O) groups is 2. The first-order chi connectivity index (χ1) is 13.8. The van der Waals surface area contributed by atoms with E-state index in [1.165, 1.54) is 0 Å². The molecule has 2 amide bonds. The van der Waals surface area contributed by atoms with Gasteiger partial charge >= 0.3 is 0 Å². The van der Waals surface area contributed by atoms with Crippen molar-refractivity contribution in [3.63, 3.8) is 0 Å². The maximum Gasteiger partial charge on any atom is 0.257 e. The molecule has 0 spiro atoms. The molecule has 0 N–H and O–H groups in total. The molecule has 2 aromatic rings. The van der Waals surface area contributed by atoms with Gasteiger partial charge in [0.25, 0.3) is 5.91 Å². The third-order valence-electron chi connectivity index (χ3n) is 5.33. The van der Waals surface area contributed by atoms with E-state index in [2.05, 4.69) is 13.8 Å². The Hall–Kier alpha value is -2.83. The Balaban J connectivity index is 1.93. The van der Waals surface area contributed by atoms with Crippen LogP contribution < -0.4 is 4.74 Å². The molecule has 0 unspecified atom stereocenters. The number of aromatic nitrogens is 2. The third-order valence-corrected chi connectivity index (χ3v) is 5.33. The molecule has 156 valence electrons. The summed E-state index contributed by atoms with van der Waals surface area (Å²) in [7, 11) is 1.64. The third kappa shape index (κ3) is 4.44. The summed E-state index contributed by atoms with van der Waals surface area (Å²) in [6, 6.07) is 7.66. The molecule has 3 rings (SSSR count). The van der Waals surface area contributed by atoms with Gasteiger partial charge in [0.2, 0.25) is 5.91 Å². The Labute approximate surface area is 172 Å². The van der Waals surface area contributed by atoms with Gasteiger partial charge in [-0.2, -0.15) is 5.10 Å². The molecule has 1 aromatic heterocycles. The number of benzene rings is 1. The van der Waals surface area contributed by atoms with Crippen LogP contribution >= 0.6 is 0 Å². The van der Waals surface area contributed by atoms with Crippen LogP contribution in [-0.4, -0.2) is 64.7 Å². The smallest absolute Gasteiger partial charge is 0.257 e. The number of hydrogen-bond donors (Lipinski definition) is 0. The summed E-state index contributed by atoms with van der Waals surface area (Å²) in [6.45, 7) is 10.0. The number of ether oxygens (including phenoxy) is 1. The summed E-state index contributed by atoms with van der Waals surface area (Å²) >= 11 is 0. The first-order valence-electron chi connectivity index (χ1n) is 10.1. The fourth-order valence-electron chi connectivity index (χ4n) is 3.73. The van der Waals surface area contributed by atoms with Crippen LogP contribution in [0.25, 0.3) is 5.69 Å². The summed E-state index contributed by atoms with van der Waals surface area (Å²) in [5, 5.41) is 4.80. The maximum absolute atomic E-state index is 13.4.